The van der Waals surface area contributed by atoms with Gasteiger partial charge in [0.05, 0.1) is 12.5 Å². The van der Waals surface area contributed by atoms with Gasteiger partial charge >= 0.3 is 0 Å². The second-order valence-electron chi connectivity index (χ2n) is 7.36. The first kappa shape index (κ1) is 17.9. The minimum atomic E-state index is 0.0491. The second-order valence-corrected chi connectivity index (χ2v) is 7.36. The van der Waals surface area contributed by atoms with Crippen molar-refractivity contribution in [2.75, 3.05) is 26.2 Å². The number of ether oxygens (including phenoxy) is 1. The molecule has 0 aromatic carbocycles. The van der Waals surface area contributed by atoms with Crippen LogP contribution in [0, 0.1) is 12.8 Å². The van der Waals surface area contributed by atoms with Crippen LogP contribution in [0.15, 0.2) is 18.3 Å². The second kappa shape index (κ2) is 7.52. The first-order valence-electron chi connectivity index (χ1n) is 9.04. The van der Waals surface area contributed by atoms with Crippen LogP contribution in [0.4, 0.5) is 0 Å². The summed E-state index contributed by atoms with van der Waals surface area (Å²) in [5.41, 5.74) is 1.89. The monoisotopic (exact) mass is 345 g/mol. The Morgan fingerprint density at radius 3 is 2.84 bits per heavy atom. The fourth-order valence-electron chi connectivity index (χ4n) is 3.64. The third kappa shape index (κ3) is 4.18. The van der Waals surface area contributed by atoms with Gasteiger partial charge in [0.2, 0.25) is 11.8 Å². The van der Waals surface area contributed by atoms with E-state index in [0.29, 0.717) is 26.1 Å². The molecular formula is C19H27N3O3. The maximum atomic E-state index is 12.7. The fraction of sp³-hybridized carbons (Fsp3) is 0.632. The average molecular weight is 345 g/mol. The molecule has 0 saturated carbocycles. The maximum Gasteiger partial charge on any atom is 0.248 e. The minimum absolute atomic E-state index is 0.0491. The van der Waals surface area contributed by atoms with E-state index in [0.717, 1.165) is 17.7 Å². The number of nitrogens with zero attached hydrogens (tertiary/aromatic N) is 3. The highest BCUT2D eigenvalue weighted by Crippen LogP contribution is 2.25. The highest BCUT2D eigenvalue weighted by molar-refractivity contribution is 5.79. The number of fused-ring (bicyclic) bond motifs is 1. The Balaban J connectivity index is 1.64. The first-order valence-corrected chi connectivity index (χ1v) is 9.04. The number of aryl methyl sites for hydroxylation is 1. The quantitative estimate of drug-likeness (QED) is 0.831. The van der Waals surface area contributed by atoms with E-state index in [2.05, 4.69) is 4.98 Å². The summed E-state index contributed by atoms with van der Waals surface area (Å²) in [4.78, 5) is 32.9. The zero-order valence-corrected chi connectivity index (χ0v) is 15.3. The molecule has 2 fully saturated rings. The lowest BCUT2D eigenvalue weighted by Gasteiger charge is -2.38. The number of rotatable bonds is 3. The molecule has 6 nitrogen and oxygen atoms in total. The molecule has 0 bridgehead atoms. The maximum absolute atomic E-state index is 12.7. The third-order valence-electron chi connectivity index (χ3n) is 5.14. The number of piperidine rings is 1. The molecule has 0 radical (unpaired) electrons. The molecule has 25 heavy (non-hydrogen) atoms. The zero-order chi connectivity index (χ0) is 18.0. The lowest BCUT2D eigenvalue weighted by Crippen LogP contribution is -2.50. The standard InChI is InChI=1S/C19H27N3O3/c1-13(2)22-11-16-10-21(7-6-17(16)25-12-19(22)24)18(23)8-15-5-4-14(3)20-9-15/h4-5,9,13,16-17H,6-8,10-12H2,1-3H3/t16-,17+/m1/s1. The van der Waals surface area contributed by atoms with E-state index in [-0.39, 0.29) is 36.5 Å². The molecule has 0 aliphatic carbocycles. The van der Waals surface area contributed by atoms with Crippen LogP contribution in [0.3, 0.4) is 0 Å². The SMILES string of the molecule is Cc1ccc(CC(=O)N2CC[C@@H]3OCC(=O)N(C(C)C)C[C@H]3C2)cn1. The molecule has 0 spiro atoms. The molecule has 2 amide bonds. The van der Waals surface area contributed by atoms with Gasteiger partial charge in [-0.2, -0.15) is 0 Å². The van der Waals surface area contributed by atoms with E-state index < -0.39 is 0 Å². The molecule has 2 aliphatic rings. The lowest BCUT2D eigenvalue weighted by molar-refractivity contribution is -0.138. The lowest BCUT2D eigenvalue weighted by atomic mass is 9.93. The smallest absolute Gasteiger partial charge is 0.248 e. The van der Waals surface area contributed by atoms with E-state index in [9.17, 15) is 9.59 Å². The van der Waals surface area contributed by atoms with Gasteiger partial charge in [0.15, 0.2) is 0 Å². The van der Waals surface area contributed by atoms with Crippen molar-refractivity contribution in [3.63, 3.8) is 0 Å². The molecule has 0 N–H and O–H groups in total. The summed E-state index contributed by atoms with van der Waals surface area (Å²) < 4.78 is 5.82. The zero-order valence-electron chi connectivity index (χ0n) is 15.3. The van der Waals surface area contributed by atoms with Crippen LogP contribution in [-0.2, 0) is 20.7 Å². The number of aromatic nitrogens is 1. The molecule has 2 atom stereocenters. The molecule has 6 heteroatoms. The number of hydrogen-bond acceptors (Lipinski definition) is 4. The normalized spacial score (nSPS) is 24.2. The van der Waals surface area contributed by atoms with Gasteiger partial charge in [0.1, 0.15) is 6.61 Å². The molecule has 0 unspecified atom stereocenters. The first-order chi connectivity index (χ1) is 11.9. The summed E-state index contributed by atoms with van der Waals surface area (Å²) >= 11 is 0. The van der Waals surface area contributed by atoms with Crippen molar-refractivity contribution < 1.29 is 14.3 Å². The molecule has 136 valence electrons. The Morgan fingerprint density at radius 1 is 1.36 bits per heavy atom. The van der Waals surface area contributed by atoms with E-state index in [1.54, 1.807) is 6.20 Å². The van der Waals surface area contributed by atoms with Gasteiger partial charge in [-0.15, -0.1) is 0 Å². The number of carbonyl (C=O) groups is 2. The van der Waals surface area contributed by atoms with Gasteiger partial charge in [0.25, 0.3) is 0 Å². The van der Waals surface area contributed by atoms with Crippen molar-refractivity contribution in [1.82, 2.24) is 14.8 Å². The van der Waals surface area contributed by atoms with E-state index in [1.165, 1.54) is 0 Å². The molecule has 2 saturated heterocycles. The summed E-state index contributed by atoms with van der Waals surface area (Å²) in [7, 11) is 0. The van der Waals surface area contributed by atoms with Gasteiger partial charge in [0, 0.05) is 43.5 Å². The minimum Gasteiger partial charge on any atom is -0.368 e. The van der Waals surface area contributed by atoms with Crippen LogP contribution in [0.25, 0.3) is 0 Å². The molecule has 3 heterocycles. The molecule has 1 aromatic heterocycles. The molecule has 3 rings (SSSR count). The highest BCUT2D eigenvalue weighted by atomic mass is 16.5. The van der Waals surface area contributed by atoms with Gasteiger partial charge in [-0.1, -0.05) is 6.07 Å². The van der Waals surface area contributed by atoms with Crippen LogP contribution in [-0.4, -0.2) is 65.0 Å². The number of hydrogen-bond donors (Lipinski definition) is 0. The fourth-order valence-corrected chi connectivity index (χ4v) is 3.64. The van der Waals surface area contributed by atoms with E-state index in [1.807, 2.05) is 42.7 Å². The molecule has 2 aliphatic heterocycles. The summed E-state index contributed by atoms with van der Waals surface area (Å²) in [6.07, 6.45) is 3.01. The number of amides is 2. The number of carbonyl (C=O) groups excluding carboxylic acids is 2. The predicted octanol–water partition coefficient (Wildman–Crippen LogP) is 1.42. The Morgan fingerprint density at radius 2 is 2.16 bits per heavy atom. The van der Waals surface area contributed by atoms with Gasteiger partial charge < -0.3 is 14.5 Å². The van der Waals surface area contributed by atoms with Crippen LogP contribution in [0.1, 0.15) is 31.5 Å². The van der Waals surface area contributed by atoms with Crippen LogP contribution >= 0.6 is 0 Å². The van der Waals surface area contributed by atoms with Gasteiger partial charge in [-0.3, -0.25) is 14.6 Å². The summed E-state index contributed by atoms with van der Waals surface area (Å²) in [6.45, 7) is 8.14. The van der Waals surface area contributed by atoms with Crippen LogP contribution < -0.4 is 0 Å². The van der Waals surface area contributed by atoms with Gasteiger partial charge in [-0.25, -0.2) is 0 Å². The van der Waals surface area contributed by atoms with E-state index >= 15 is 0 Å². The Labute approximate surface area is 149 Å². The van der Waals surface area contributed by atoms with Crippen LogP contribution in [0.5, 0.6) is 0 Å². The number of likely N-dealkylation sites (tertiary alicyclic amines) is 1. The summed E-state index contributed by atoms with van der Waals surface area (Å²) in [5, 5.41) is 0. The van der Waals surface area contributed by atoms with Crippen molar-refractivity contribution in [2.45, 2.75) is 45.8 Å². The highest BCUT2D eigenvalue weighted by Gasteiger charge is 2.37. The topological polar surface area (TPSA) is 62.7 Å². The third-order valence-corrected chi connectivity index (χ3v) is 5.14. The largest absolute Gasteiger partial charge is 0.368 e. The van der Waals surface area contributed by atoms with Crippen molar-refractivity contribution in [3.8, 4) is 0 Å². The van der Waals surface area contributed by atoms with Crippen molar-refractivity contribution in [3.05, 3.63) is 29.6 Å². The van der Waals surface area contributed by atoms with Crippen molar-refractivity contribution in [1.29, 1.82) is 0 Å². The van der Waals surface area contributed by atoms with E-state index in [4.69, 9.17) is 4.74 Å². The Kier molecular flexibility index (Phi) is 5.37. The number of pyridine rings is 1. The van der Waals surface area contributed by atoms with Crippen molar-refractivity contribution in [2.24, 2.45) is 5.92 Å². The molecular weight excluding hydrogens is 318 g/mol. The average Bonchev–Trinajstić information content (AvgIpc) is 2.75. The summed E-state index contributed by atoms with van der Waals surface area (Å²) in [6, 6.07) is 4.04. The Hall–Kier alpha value is -1.95. The predicted molar refractivity (Wildman–Crippen MR) is 94.0 cm³/mol. The van der Waals surface area contributed by atoms with Crippen molar-refractivity contribution >= 4 is 11.8 Å². The van der Waals surface area contributed by atoms with Crippen LogP contribution in [0.2, 0.25) is 0 Å². The molecule has 1 aromatic rings. The van der Waals surface area contributed by atoms with Gasteiger partial charge in [-0.05, 0) is 38.8 Å². The summed E-state index contributed by atoms with van der Waals surface area (Å²) in [5.74, 6) is 0.353. The Bertz CT molecular complexity index is 629.